The maximum Gasteiger partial charge on any atom is 0.316 e. The monoisotopic (exact) mass is 232 g/mol. The predicted molar refractivity (Wildman–Crippen MR) is 61.0 cm³/mol. The molecule has 2 rings (SSSR count). The molecule has 1 aromatic rings. The Kier molecular flexibility index (Phi) is 3.13. The number of nitrogens with one attached hydrogen (secondary N) is 2. The van der Waals surface area contributed by atoms with Crippen LogP contribution in [0.15, 0.2) is 23.3 Å². The molecule has 88 valence electrons. The average Bonchev–Trinajstić information content (AvgIpc) is 2.66. The number of aromatic nitrogens is 1. The Labute approximate surface area is 98.2 Å². The van der Waals surface area contributed by atoms with E-state index >= 15 is 0 Å². The largest absolute Gasteiger partial charge is 0.316 e. The zero-order valence-electron chi connectivity index (χ0n) is 9.36. The minimum absolute atomic E-state index is 0.188. The van der Waals surface area contributed by atoms with E-state index in [2.05, 4.69) is 20.6 Å². The van der Waals surface area contributed by atoms with E-state index in [4.69, 9.17) is 0 Å². The molecule has 0 radical (unpaired) electrons. The van der Waals surface area contributed by atoms with Gasteiger partial charge in [0.1, 0.15) is 0 Å². The predicted octanol–water partition coefficient (Wildman–Crippen LogP) is -0.254. The first-order chi connectivity index (χ1) is 8.20. The number of aliphatic imine (C=N–C) groups is 1. The summed E-state index contributed by atoms with van der Waals surface area (Å²) in [5.41, 5.74) is 1.95. The molecule has 0 aliphatic carbocycles. The van der Waals surface area contributed by atoms with Gasteiger partial charge < -0.3 is 0 Å². The lowest BCUT2D eigenvalue weighted by molar-refractivity contribution is -0.135. The lowest BCUT2D eigenvalue weighted by Crippen LogP contribution is -2.25. The summed E-state index contributed by atoms with van der Waals surface area (Å²) >= 11 is 0. The molecule has 6 heteroatoms. The topological polar surface area (TPSA) is 83.5 Å². The van der Waals surface area contributed by atoms with Gasteiger partial charge in [-0.1, -0.05) is 13.0 Å². The number of hydrogen-bond donors (Lipinski definition) is 2. The second-order valence-corrected chi connectivity index (χ2v) is 3.54. The van der Waals surface area contributed by atoms with E-state index in [1.165, 1.54) is 0 Å². The van der Waals surface area contributed by atoms with Gasteiger partial charge in [0.15, 0.2) is 0 Å². The van der Waals surface area contributed by atoms with Crippen molar-refractivity contribution in [2.75, 3.05) is 0 Å². The molecule has 1 saturated heterocycles. The van der Waals surface area contributed by atoms with Crippen molar-refractivity contribution in [1.29, 1.82) is 0 Å². The molecule has 1 aliphatic heterocycles. The molecular formula is C11H12N4O2. The highest BCUT2D eigenvalue weighted by atomic mass is 16.2. The standard InChI is InChI=1S/C11H12N4O2/c1-2-7-4-3-5-12-8(7)6-13-11-14-9(16)10(17)15-11/h3-5H,2,6H2,1H3,(H2,13,14,15,16,17). The lowest BCUT2D eigenvalue weighted by atomic mass is 10.1. The number of nitrogens with zero attached hydrogens (tertiary/aromatic N) is 2. The summed E-state index contributed by atoms with van der Waals surface area (Å²) in [4.78, 5) is 30.1. The van der Waals surface area contributed by atoms with E-state index < -0.39 is 11.8 Å². The van der Waals surface area contributed by atoms with Gasteiger partial charge in [0, 0.05) is 6.20 Å². The van der Waals surface area contributed by atoms with E-state index in [-0.39, 0.29) is 5.96 Å². The van der Waals surface area contributed by atoms with Gasteiger partial charge in [-0.15, -0.1) is 0 Å². The fraction of sp³-hybridized carbons (Fsp3) is 0.273. The average molecular weight is 232 g/mol. The summed E-state index contributed by atoms with van der Waals surface area (Å²) in [7, 11) is 0. The van der Waals surface area contributed by atoms with E-state index in [0.29, 0.717) is 6.54 Å². The van der Waals surface area contributed by atoms with Gasteiger partial charge >= 0.3 is 11.8 Å². The zero-order chi connectivity index (χ0) is 12.3. The molecule has 1 fully saturated rings. The van der Waals surface area contributed by atoms with E-state index in [1.807, 2.05) is 19.1 Å². The Morgan fingerprint density at radius 3 is 2.65 bits per heavy atom. The SMILES string of the molecule is CCc1cccnc1CN=C1NC(=O)C(=O)N1. The summed E-state index contributed by atoms with van der Waals surface area (Å²) in [6, 6.07) is 3.85. The van der Waals surface area contributed by atoms with Crippen molar-refractivity contribution >= 4 is 17.8 Å². The van der Waals surface area contributed by atoms with Crippen molar-refractivity contribution in [3.8, 4) is 0 Å². The molecular weight excluding hydrogens is 220 g/mol. The Morgan fingerprint density at radius 1 is 1.29 bits per heavy atom. The van der Waals surface area contributed by atoms with Crippen LogP contribution in [0, 0.1) is 0 Å². The maximum atomic E-state index is 10.9. The number of guanidine groups is 1. The number of pyridine rings is 1. The highest BCUT2D eigenvalue weighted by Gasteiger charge is 2.24. The van der Waals surface area contributed by atoms with Crippen LogP contribution in [0.5, 0.6) is 0 Å². The summed E-state index contributed by atoms with van der Waals surface area (Å²) in [5, 5.41) is 4.67. The van der Waals surface area contributed by atoms with Crippen molar-refractivity contribution in [3.05, 3.63) is 29.6 Å². The van der Waals surface area contributed by atoms with Gasteiger partial charge in [0.25, 0.3) is 0 Å². The van der Waals surface area contributed by atoms with Gasteiger partial charge in [0.2, 0.25) is 5.96 Å². The highest BCUT2D eigenvalue weighted by Crippen LogP contribution is 2.07. The van der Waals surface area contributed by atoms with Crippen molar-refractivity contribution in [1.82, 2.24) is 15.6 Å². The smallest absolute Gasteiger partial charge is 0.288 e. The van der Waals surface area contributed by atoms with E-state index in [1.54, 1.807) is 6.20 Å². The van der Waals surface area contributed by atoms with E-state index in [0.717, 1.165) is 17.7 Å². The van der Waals surface area contributed by atoms with Crippen LogP contribution in [0.1, 0.15) is 18.2 Å². The number of aryl methyl sites for hydroxylation is 1. The first kappa shape index (κ1) is 11.3. The zero-order valence-corrected chi connectivity index (χ0v) is 9.36. The molecule has 2 amide bonds. The van der Waals surface area contributed by atoms with Crippen molar-refractivity contribution in [2.24, 2.45) is 4.99 Å². The molecule has 2 N–H and O–H groups in total. The Morgan fingerprint density at radius 2 is 2.00 bits per heavy atom. The van der Waals surface area contributed by atoms with Crippen LogP contribution in [0.2, 0.25) is 0 Å². The summed E-state index contributed by atoms with van der Waals surface area (Å²) in [6.45, 7) is 2.37. The van der Waals surface area contributed by atoms with Gasteiger partial charge in [-0.05, 0) is 18.1 Å². The fourth-order valence-corrected chi connectivity index (χ4v) is 1.53. The van der Waals surface area contributed by atoms with Crippen LogP contribution in [0.3, 0.4) is 0 Å². The highest BCUT2D eigenvalue weighted by molar-refractivity contribution is 6.45. The molecule has 0 atom stereocenters. The molecule has 0 spiro atoms. The van der Waals surface area contributed by atoms with Crippen molar-refractivity contribution < 1.29 is 9.59 Å². The molecule has 1 aromatic heterocycles. The number of carbonyl (C=O) groups is 2. The second-order valence-electron chi connectivity index (χ2n) is 3.54. The van der Waals surface area contributed by atoms with Crippen LogP contribution in [-0.4, -0.2) is 22.8 Å². The molecule has 0 aromatic carbocycles. The molecule has 0 unspecified atom stereocenters. The van der Waals surface area contributed by atoms with Crippen molar-refractivity contribution in [3.63, 3.8) is 0 Å². The fourth-order valence-electron chi connectivity index (χ4n) is 1.53. The van der Waals surface area contributed by atoms with Gasteiger partial charge in [-0.25, -0.2) is 4.99 Å². The van der Waals surface area contributed by atoms with E-state index in [9.17, 15) is 9.59 Å². The summed E-state index contributed by atoms with van der Waals surface area (Å²) in [6.07, 6.45) is 2.56. The third kappa shape index (κ3) is 2.47. The molecule has 0 bridgehead atoms. The van der Waals surface area contributed by atoms with Crippen LogP contribution in [0.4, 0.5) is 0 Å². The minimum atomic E-state index is -0.680. The van der Waals surface area contributed by atoms with Crippen LogP contribution < -0.4 is 10.6 Å². The third-order valence-electron chi connectivity index (χ3n) is 2.42. The lowest BCUT2D eigenvalue weighted by Gasteiger charge is -2.03. The molecule has 17 heavy (non-hydrogen) atoms. The van der Waals surface area contributed by atoms with Gasteiger partial charge in [-0.3, -0.25) is 25.2 Å². The molecule has 0 saturated carbocycles. The van der Waals surface area contributed by atoms with Gasteiger partial charge in [0.05, 0.1) is 12.2 Å². The molecule has 6 nitrogen and oxygen atoms in total. The number of carbonyl (C=O) groups excluding carboxylic acids is 2. The Bertz CT molecular complexity index is 478. The van der Waals surface area contributed by atoms with Crippen LogP contribution in [0.25, 0.3) is 0 Å². The van der Waals surface area contributed by atoms with Crippen LogP contribution >= 0.6 is 0 Å². The molecule has 1 aliphatic rings. The Balaban J connectivity index is 2.10. The number of rotatable bonds is 3. The second kappa shape index (κ2) is 4.73. The summed E-state index contributed by atoms with van der Waals surface area (Å²) < 4.78 is 0. The molecule has 2 heterocycles. The first-order valence-electron chi connectivity index (χ1n) is 5.30. The normalized spacial score (nSPS) is 14.5. The maximum absolute atomic E-state index is 10.9. The quantitative estimate of drug-likeness (QED) is 0.705. The van der Waals surface area contributed by atoms with Crippen LogP contribution in [-0.2, 0) is 22.6 Å². The minimum Gasteiger partial charge on any atom is -0.288 e. The van der Waals surface area contributed by atoms with Crippen molar-refractivity contribution in [2.45, 2.75) is 19.9 Å². The first-order valence-corrected chi connectivity index (χ1v) is 5.30. The third-order valence-corrected chi connectivity index (χ3v) is 2.42. The number of hydrogen-bond acceptors (Lipinski definition) is 4. The summed E-state index contributed by atoms with van der Waals surface area (Å²) in [5.74, 6) is -1.17. The Hall–Kier alpha value is -2.24. The number of amides is 2. The van der Waals surface area contributed by atoms with Gasteiger partial charge in [-0.2, -0.15) is 0 Å².